The van der Waals surface area contributed by atoms with Gasteiger partial charge in [0.25, 0.3) is 0 Å². The normalized spacial score (nSPS) is 16.8. The number of aryl methyl sites for hydroxylation is 2. The van der Waals surface area contributed by atoms with Gasteiger partial charge in [-0.05, 0) is 44.4 Å². The van der Waals surface area contributed by atoms with Gasteiger partial charge in [-0.3, -0.25) is 0 Å². The number of aromatic nitrogens is 1. The highest BCUT2D eigenvalue weighted by Gasteiger charge is 2.19. The van der Waals surface area contributed by atoms with Crippen molar-refractivity contribution in [1.29, 1.82) is 0 Å². The number of piperidine rings is 1. The molecule has 1 aliphatic rings. The smallest absolute Gasteiger partial charge is 0.119 e. The van der Waals surface area contributed by atoms with Crippen molar-refractivity contribution in [3.05, 3.63) is 45.4 Å². The summed E-state index contributed by atoms with van der Waals surface area (Å²) in [6.07, 6.45) is 1.78. The van der Waals surface area contributed by atoms with E-state index in [4.69, 9.17) is 4.74 Å². The van der Waals surface area contributed by atoms with Crippen molar-refractivity contribution >= 4 is 11.3 Å². The van der Waals surface area contributed by atoms with Crippen molar-refractivity contribution in [3.8, 4) is 5.75 Å². The number of β-amino-alcohol motifs (C(OH)–C–C–N with tert-alkyl or cyclic N) is 1. The molecule has 0 aliphatic carbocycles. The molecular weight excluding hydrogens is 386 g/mol. The molecule has 0 unspecified atom stereocenters. The van der Waals surface area contributed by atoms with Crippen molar-refractivity contribution in [1.82, 2.24) is 15.2 Å². The molecule has 1 saturated heterocycles. The Labute approximate surface area is 177 Å². The highest BCUT2D eigenvalue weighted by molar-refractivity contribution is 7.11. The van der Waals surface area contributed by atoms with Gasteiger partial charge in [0.15, 0.2) is 0 Å². The van der Waals surface area contributed by atoms with Gasteiger partial charge in [0.2, 0.25) is 0 Å². The molecule has 0 spiro atoms. The topological polar surface area (TPSA) is 77.9 Å². The predicted molar refractivity (Wildman–Crippen MR) is 117 cm³/mol. The van der Waals surface area contributed by atoms with Crippen molar-refractivity contribution in [3.63, 3.8) is 0 Å². The van der Waals surface area contributed by atoms with Gasteiger partial charge >= 0.3 is 0 Å². The maximum absolute atomic E-state index is 10.3. The molecule has 3 N–H and O–H groups in total. The van der Waals surface area contributed by atoms with Crippen LogP contribution in [-0.4, -0.2) is 65.1 Å². The first-order chi connectivity index (χ1) is 14.0. The maximum Gasteiger partial charge on any atom is 0.119 e. The van der Waals surface area contributed by atoms with Gasteiger partial charge in [-0.2, -0.15) is 0 Å². The summed E-state index contributed by atoms with van der Waals surface area (Å²) in [6.45, 7) is 8.37. The lowest BCUT2D eigenvalue weighted by atomic mass is 10.1. The number of aliphatic hydroxyl groups is 2. The first-order valence-electron chi connectivity index (χ1n) is 10.4. The number of ether oxygens (including phenoxy) is 1. The SMILES string of the molecule is Cc1nc(CCNCc2cccc(OC[C@H](O)CN3CCC(O)CC3)c2)sc1C. The minimum absolute atomic E-state index is 0.189. The Balaban J connectivity index is 1.36. The second kappa shape index (κ2) is 11.0. The second-order valence-electron chi connectivity index (χ2n) is 7.82. The first-order valence-corrected chi connectivity index (χ1v) is 11.2. The summed E-state index contributed by atoms with van der Waals surface area (Å²) in [5.41, 5.74) is 2.29. The molecule has 0 radical (unpaired) electrons. The summed E-state index contributed by atoms with van der Waals surface area (Å²) in [4.78, 5) is 8.06. The summed E-state index contributed by atoms with van der Waals surface area (Å²) in [5.74, 6) is 0.781. The van der Waals surface area contributed by atoms with Crippen molar-refractivity contribution in [2.75, 3.05) is 32.8 Å². The van der Waals surface area contributed by atoms with E-state index in [1.807, 2.05) is 18.2 Å². The van der Waals surface area contributed by atoms with Crippen LogP contribution in [0.25, 0.3) is 0 Å². The number of rotatable bonds is 10. The van der Waals surface area contributed by atoms with Gasteiger partial charge in [-0.1, -0.05) is 12.1 Å². The van der Waals surface area contributed by atoms with Crippen LogP contribution in [-0.2, 0) is 13.0 Å². The molecule has 1 atom stereocenters. The van der Waals surface area contributed by atoms with Crippen LogP contribution in [0, 0.1) is 13.8 Å². The zero-order valence-corrected chi connectivity index (χ0v) is 18.2. The molecule has 2 aromatic rings. The zero-order valence-electron chi connectivity index (χ0n) is 17.4. The third-order valence-electron chi connectivity index (χ3n) is 5.28. The number of aliphatic hydroxyl groups excluding tert-OH is 2. The van der Waals surface area contributed by atoms with Gasteiger partial charge in [-0.25, -0.2) is 4.98 Å². The Bertz CT molecular complexity index is 740. The molecule has 1 aromatic heterocycles. The molecule has 2 heterocycles. The van der Waals surface area contributed by atoms with E-state index in [0.717, 1.165) is 62.4 Å². The van der Waals surface area contributed by atoms with E-state index in [-0.39, 0.29) is 12.7 Å². The van der Waals surface area contributed by atoms with Crippen LogP contribution in [0.5, 0.6) is 5.75 Å². The maximum atomic E-state index is 10.3. The molecule has 3 rings (SSSR count). The van der Waals surface area contributed by atoms with E-state index in [1.165, 1.54) is 9.88 Å². The molecule has 160 valence electrons. The Kier molecular flexibility index (Phi) is 8.44. The molecule has 6 nitrogen and oxygen atoms in total. The van der Waals surface area contributed by atoms with Crippen LogP contribution in [0.1, 0.15) is 34.0 Å². The first kappa shape index (κ1) is 22.2. The average Bonchev–Trinajstić information content (AvgIpc) is 3.03. The van der Waals surface area contributed by atoms with E-state index in [1.54, 1.807) is 11.3 Å². The van der Waals surface area contributed by atoms with Gasteiger partial charge in [-0.15, -0.1) is 11.3 Å². The minimum atomic E-state index is -0.530. The van der Waals surface area contributed by atoms with E-state index in [2.05, 4.69) is 35.1 Å². The predicted octanol–water partition coefficient (Wildman–Crippen LogP) is 2.29. The number of benzene rings is 1. The number of nitrogens with zero attached hydrogens (tertiary/aromatic N) is 2. The van der Waals surface area contributed by atoms with Crippen LogP contribution in [0.3, 0.4) is 0 Å². The largest absolute Gasteiger partial charge is 0.491 e. The van der Waals surface area contributed by atoms with Gasteiger partial charge in [0, 0.05) is 44.0 Å². The molecule has 29 heavy (non-hydrogen) atoms. The quantitative estimate of drug-likeness (QED) is 0.513. The van der Waals surface area contributed by atoms with Crippen LogP contribution in [0.2, 0.25) is 0 Å². The van der Waals surface area contributed by atoms with Crippen LogP contribution < -0.4 is 10.1 Å². The fourth-order valence-corrected chi connectivity index (χ4v) is 4.40. The van der Waals surface area contributed by atoms with Crippen LogP contribution >= 0.6 is 11.3 Å². The van der Waals surface area contributed by atoms with Crippen molar-refractivity contribution in [2.24, 2.45) is 0 Å². The monoisotopic (exact) mass is 419 g/mol. The summed E-state index contributed by atoms with van der Waals surface area (Å²) >= 11 is 1.77. The summed E-state index contributed by atoms with van der Waals surface area (Å²) in [6, 6.07) is 8.01. The summed E-state index contributed by atoms with van der Waals surface area (Å²) in [7, 11) is 0. The third kappa shape index (κ3) is 7.35. The summed E-state index contributed by atoms with van der Waals surface area (Å²) in [5, 5.41) is 24.5. The molecule has 1 fully saturated rings. The number of nitrogens with one attached hydrogen (secondary N) is 1. The minimum Gasteiger partial charge on any atom is -0.491 e. The Morgan fingerprint density at radius 2 is 2.10 bits per heavy atom. The Morgan fingerprint density at radius 3 is 2.83 bits per heavy atom. The van der Waals surface area contributed by atoms with Crippen LogP contribution in [0.15, 0.2) is 24.3 Å². The molecule has 7 heteroatoms. The number of likely N-dealkylation sites (tertiary alicyclic amines) is 1. The lowest BCUT2D eigenvalue weighted by Crippen LogP contribution is -2.41. The number of hydrogen-bond acceptors (Lipinski definition) is 7. The fourth-order valence-electron chi connectivity index (χ4n) is 3.46. The third-order valence-corrected chi connectivity index (χ3v) is 6.42. The fraction of sp³-hybridized carbons (Fsp3) is 0.591. The van der Waals surface area contributed by atoms with E-state index >= 15 is 0 Å². The molecular formula is C22H33N3O3S. The summed E-state index contributed by atoms with van der Waals surface area (Å²) < 4.78 is 5.80. The molecule has 1 aliphatic heterocycles. The second-order valence-corrected chi connectivity index (χ2v) is 9.11. The lowest BCUT2D eigenvalue weighted by molar-refractivity contribution is 0.0337. The van der Waals surface area contributed by atoms with Gasteiger partial charge < -0.3 is 25.2 Å². The Morgan fingerprint density at radius 1 is 1.31 bits per heavy atom. The zero-order chi connectivity index (χ0) is 20.6. The highest BCUT2D eigenvalue weighted by atomic mass is 32.1. The Hall–Kier alpha value is -1.51. The van der Waals surface area contributed by atoms with Gasteiger partial charge in [0.1, 0.15) is 18.5 Å². The average molecular weight is 420 g/mol. The molecule has 0 saturated carbocycles. The molecule has 1 aromatic carbocycles. The van der Waals surface area contributed by atoms with Crippen LogP contribution in [0.4, 0.5) is 0 Å². The molecule has 0 bridgehead atoms. The highest BCUT2D eigenvalue weighted by Crippen LogP contribution is 2.17. The van der Waals surface area contributed by atoms with Crippen molar-refractivity contribution < 1.29 is 14.9 Å². The lowest BCUT2D eigenvalue weighted by Gasteiger charge is -2.30. The van der Waals surface area contributed by atoms with Gasteiger partial charge in [0.05, 0.1) is 16.8 Å². The number of hydrogen-bond donors (Lipinski definition) is 3. The van der Waals surface area contributed by atoms with E-state index in [9.17, 15) is 10.2 Å². The number of thiazole rings is 1. The van der Waals surface area contributed by atoms with E-state index in [0.29, 0.717) is 6.54 Å². The van der Waals surface area contributed by atoms with Crippen molar-refractivity contribution in [2.45, 2.75) is 51.9 Å². The standard InChI is InChI=1S/C22H33N3O3S/c1-16-17(2)29-22(24-16)6-9-23-13-18-4-3-5-21(12-18)28-15-20(27)14-25-10-7-19(26)8-11-25/h3-5,12,19-20,23,26-27H,6-11,13-15H2,1-2H3/t20-/m1/s1. The molecule has 0 amide bonds. The van der Waals surface area contributed by atoms with E-state index < -0.39 is 6.10 Å².